The van der Waals surface area contributed by atoms with Gasteiger partial charge in [0.25, 0.3) is 0 Å². The second kappa shape index (κ2) is 4.30. The van der Waals surface area contributed by atoms with Gasteiger partial charge in [0.15, 0.2) is 0 Å². The van der Waals surface area contributed by atoms with Crippen molar-refractivity contribution in [1.82, 2.24) is 10.3 Å². The SMILES string of the molecule is Brc1cncc(C2=CC3CNCC3CC2)c1. The molecule has 1 N–H and O–H groups in total. The van der Waals surface area contributed by atoms with Gasteiger partial charge in [-0.15, -0.1) is 0 Å². The van der Waals surface area contributed by atoms with Crippen LogP contribution in [0.3, 0.4) is 0 Å². The van der Waals surface area contributed by atoms with Crippen molar-refractivity contribution in [2.24, 2.45) is 11.8 Å². The van der Waals surface area contributed by atoms with E-state index in [1.165, 1.54) is 30.5 Å². The molecular formula is C13H15BrN2. The summed E-state index contributed by atoms with van der Waals surface area (Å²) in [5.41, 5.74) is 2.75. The number of halogens is 1. The zero-order chi connectivity index (χ0) is 11.0. The van der Waals surface area contributed by atoms with Crippen LogP contribution >= 0.6 is 15.9 Å². The second-order valence-corrected chi connectivity index (χ2v) is 5.62. The van der Waals surface area contributed by atoms with Gasteiger partial charge in [0.1, 0.15) is 0 Å². The number of allylic oxidation sites excluding steroid dienone is 1. The predicted molar refractivity (Wildman–Crippen MR) is 69.0 cm³/mol. The van der Waals surface area contributed by atoms with Crippen LogP contribution in [0.4, 0.5) is 0 Å². The molecular weight excluding hydrogens is 264 g/mol. The van der Waals surface area contributed by atoms with Crippen LogP contribution < -0.4 is 5.32 Å². The summed E-state index contributed by atoms with van der Waals surface area (Å²) in [6.07, 6.45) is 8.78. The lowest BCUT2D eigenvalue weighted by molar-refractivity contribution is 0.448. The van der Waals surface area contributed by atoms with Crippen LogP contribution in [0, 0.1) is 11.8 Å². The summed E-state index contributed by atoms with van der Waals surface area (Å²) in [4.78, 5) is 4.24. The van der Waals surface area contributed by atoms with Crippen molar-refractivity contribution < 1.29 is 0 Å². The van der Waals surface area contributed by atoms with E-state index in [4.69, 9.17) is 0 Å². The molecule has 3 rings (SSSR count). The molecule has 2 unspecified atom stereocenters. The first kappa shape index (κ1) is 10.5. The Balaban J connectivity index is 1.90. The first-order valence-corrected chi connectivity index (χ1v) is 6.64. The number of nitrogens with one attached hydrogen (secondary N) is 1. The zero-order valence-electron chi connectivity index (χ0n) is 9.12. The van der Waals surface area contributed by atoms with Gasteiger partial charge < -0.3 is 5.32 Å². The van der Waals surface area contributed by atoms with Crippen LogP contribution in [-0.2, 0) is 0 Å². The summed E-state index contributed by atoms with van der Waals surface area (Å²) in [5.74, 6) is 1.60. The van der Waals surface area contributed by atoms with Gasteiger partial charge in [-0.3, -0.25) is 4.98 Å². The Bertz CT molecular complexity index is 428. The Hall–Kier alpha value is -0.670. The molecule has 0 amide bonds. The van der Waals surface area contributed by atoms with Crippen LogP contribution in [0.2, 0.25) is 0 Å². The van der Waals surface area contributed by atoms with E-state index in [0.29, 0.717) is 0 Å². The van der Waals surface area contributed by atoms with Gasteiger partial charge in [-0.05, 0) is 64.4 Å². The molecule has 1 aromatic rings. The molecule has 2 nitrogen and oxygen atoms in total. The molecule has 0 radical (unpaired) electrons. The van der Waals surface area contributed by atoms with Crippen molar-refractivity contribution in [3.8, 4) is 0 Å². The summed E-state index contributed by atoms with van der Waals surface area (Å²) < 4.78 is 1.07. The molecule has 1 aliphatic heterocycles. The van der Waals surface area contributed by atoms with Crippen molar-refractivity contribution in [2.75, 3.05) is 13.1 Å². The van der Waals surface area contributed by atoms with Crippen LogP contribution in [0.15, 0.2) is 29.0 Å². The average Bonchev–Trinajstić information content (AvgIpc) is 2.75. The lowest BCUT2D eigenvalue weighted by Crippen LogP contribution is -2.15. The third kappa shape index (κ3) is 1.94. The van der Waals surface area contributed by atoms with E-state index in [2.05, 4.69) is 38.4 Å². The molecule has 1 fully saturated rings. The van der Waals surface area contributed by atoms with Crippen molar-refractivity contribution in [3.05, 3.63) is 34.6 Å². The topological polar surface area (TPSA) is 24.9 Å². The quantitative estimate of drug-likeness (QED) is 0.855. The summed E-state index contributed by atoms with van der Waals surface area (Å²) in [6, 6.07) is 2.17. The van der Waals surface area contributed by atoms with E-state index in [1.807, 2.05) is 12.4 Å². The number of fused-ring (bicyclic) bond motifs is 1. The monoisotopic (exact) mass is 278 g/mol. The standard InChI is InChI=1S/C13H15BrN2/c14-13-4-12(7-16-8-13)9-1-2-10-5-15-6-11(10)3-9/h3-4,7-8,10-11,15H,1-2,5-6H2. The lowest BCUT2D eigenvalue weighted by Gasteiger charge is -2.23. The highest BCUT2D eigenvalue weighted by molar-refractivity contribution is 9.10. The normalized spacial score (nSPS) is 28.7. The molecule has 0 aromatic carbocycles. The van der Waals surface area contributed by atoms with Crippen LogP contribution in [0.5, 0.6) is 0 Å². The number of pyridine rings is 1. The fraction of sp³-hybridized carbons (Fsp3) is 0.462. The lowest BCUT2D eigenvalue weighted by atomic mass is 9.81. The zero-order valence-corrected chi connectivity index (χ0v) is 10.7. The summed E-state index contributed by atoms with van der Waals surface area (Å²) in [7, 11) is 0. The number of aromatic nitrogens is 1. The first-order valence-electron chi connectivity index (χ1n) is 5.85. The van der Waals surface area contributed by atoms with E-state index in [-0.39, 0.29) is 0 Å². The molecule has 0 saturated carbocycles. The van der Waals surface area contributed by atoms with Crippen molar-refractivity contribution in [1.29, 1.82) is 0 Å². The fourth-order valence-corrected chi connectivity index (χ4v) is 3.14. The average molecular weight is 279 g/mol. The molecule has 0 bridgehead atoms. The molecule has 16 heavy (non-hydrogen) atoms. The Labute approximate surface area is 104 Å². The van der Waals surface area contributed by atoms with Crippen molar-refractivity contribution >= 4 is 21.5 Å². The fourth-order valence-electron chi connectivity index (χ4n) is 2.78. The minimum atomic E-state index is 0.739. The second-order valence-electron chi connectivity index (χ2n) is 4.70. The van der Waals surface area contributed by atoms with Gasteiger partial charge in [-0.2, -0.15) is 0 Å². The molecule has 1 aromatic heterocycles. The molecule has 2 aliphatic rings. The smallest absolute Gasteiger partial charge is 0.0410 e. The highest BCUT2D eigenvalue weighted by Crippen LogP contribution is 2.35. The minimum Gasteiger partial charge on any atom is -0.316 e. The van der Waals surface area contributed by atoms with Crippen molar-refractivity contribution in [2.45, 2.75) is 12.8 Å². The molecule has 84 valence electrons. The molecule has 3 heteroatoms. The van der Waals surface area contributed by atoms with Gasteiger partial charge in [-0.25, -0.2) is 0 Å². The first-order chi connectivity index (χ1) is 7.83. The number of rotatable bonds is 1. The Morgan fingerprint density at radius 3 is 3.12 bits per heavy atom. The maximum atomic E-state index is 4.24. The third-order valence-corrected chi connectivity index (χ3v) is 4.10. The maximum Gasteiger partial charge on any atom is 0.0410 e. The summed E-state index contributed by atoms with van der Waals surface area (Å²) >= 11 is 3.48. The molecule has 0 spiro atoms. The van der Waals surface area contributed by atoms with E-state index in [1.54, 1.807) is 0 Å². The van der Waals surface area contributed by atoms with E-state index < -0.39 is 0 Å². The number of hydrogen-bond donors (Lipinski definition) is 1. The van der Waals surface area contributed by atoms with E-state index in [9.17, 15) is 0 Å². The highest BCUT2D eigenvalue weighted by Gasteiger charge is 2.29. The van der Waals surface area contributed by atoms with E-state index >= 15 is 0 Å². The van der Waals surface area contributed by atoms with Gasteiger partial charge in [0.05, 0.1) is 0 Å². The third-order valence-electron chi connectivity index (χ3n) is 3.67. The molecule has 2 atom stereocenters. The summed E-state index contributed by atoms with van der Waals surface area (Å²) in [5, 5.41) is 3.48. The molecule has 1 aliphatic carbocycles. The Kier molecular flexibility index (Phi) is 2.82. The maximum absolute atomic E-state index is 4.24. The van der Waals surface area contributed by atoms with Gasteiger partial charge in [-0.1, -0.05) is 6.08 Å². The van der Waals surface area contributed by atoms with E-state index in [0.717, 1.165) is 22.9 Å². The minimum absolute atomic E-state index is 0.739. The Morgan fingerprint density at radius 1 is 1.31 bits per heavy atom. The van der Waals surface area contributed by atoms with Crippen LogP contribution in [0.1, 0.15) is 18.4 Å². The summed E-state index contributed by atoms with van der Waals surface area (Å²) in [6.45, 7) is 2.35. The number of hydrogen-bond acceptors (Lipinski definition) is 2. The van der Waals surface area contributed by atoms with Gasteiger partial charge in [0.2, 0.25) is 0 Å². The largest absolute Gasteiger partial charge is 0.316 e. The molecule has 2 heterocycles. The number of nitrogens with zero attached hydrogens (tertiary/aromatic N) is 1. The highest BCUT2D eigenvalue weighted by atomic mass is 79.9. The van der Waals surface area contributed by atoms with Crippen molar-refractivity contribution in [3.63, 3.8) is 0 Å². The van der Waals surface area contributed by atoms with Crippen LogP contribution in [-0.4, -0.2) is 18.1 Å². The van der Waals surface area contributed by atoms with Crippen LogP contribution in [0.25, 0.3) is 5.57 Å². The van der Waals surface area contributed by atoms with Gasteiger partial charge in [0, 0.05) is 23.4 Å². The van der Waals surface area contributed by atoms with Gasteiger partial charge >= 0.3 is 0 Å². The Morgan fingerprint density at radius 2 is 2.25 bits per heavy atom. The predicted octanol–water partition coefficient (Wildman–Crippen LogP) is 2.86. The molecule has 1 saturated heterocycles.